The van der Waals surface area contributed by atoms with Crippen LogP contribution in [0.15, 0.2) is 30.3 Å². The summed E-state index contributed by atoms with van der Waals surface area (Å²) in [6.45, 7) is 6.03. The predicted octanol–water partition coefficient (Wildman–Crippen LogP) is 5.07. The molecule has 21 heavy (non-hydrogen) atoms. The molecule has 1 aromatic carbocycles. The number of rotatable bonds is 3. The molecule has 0 atom stereocenters. The van der Waals surface area contributed by atoms with Crippen LogP contribution >= 0.6 is 23.2 Å². The first-order valence-electron chi connectivity index (χ1n) is 6.62. The fourth-order valence-corrected chi connectivity index (χ4v) is 2.53. The summed E-state index contributed by atoms with van der Waals surface area (Å²) in [4.78, 5) is 16.2. The standard InChI is InChI=1S/C16H16Cl2N2O/c1-9(2)11-4-6-12(7-5-11)16(21)20-14-10(3)8-13(17)19-15(14)18/h4-9H,1-3H3,(H,20,21). The molecule has 0 aliphatic heterocycles. The van der Waals surface area contributed by atoms with E-state index in [-0.39, 0.29) is 11.1 Å². The van der Waals surface area contributed by atoms with Crippen molar-refractivity contribution in [2.45, 2.75) is 26.7 Å². The van der Waals surface area contributed by atoms with Gasteiger partial charge in [0.25, 0.3) is 5.91 Å². The predicted molar refractivity (Wildman–Crippen MR) is 87.5 cm³/mol. The first kappa shape index (κ1) is 15.8. The van der Waals surface area contributed by atoms with Crippen molar-refractivity contribution in [1.29, 1.82) is 0 Å². The SMILES string of the molecule is Cc1cc(Cl)nc(Cl)c1NC(=O)c1ccc(C(C)C)cc1. The van der Waals surface area contributed by atoms with E-state index in [4.69, 9.17) is 23.2 Å². The molecule has 0 aliphatic rings. The maximum absolute atomic E-state index is 12.3. The molecule has 5 heteroatoms. The Morgan fingerprint density at radius 3 is 2.33 bits per heavy atom. The highest BCUT2D eigenvalue weighted by Gasteiger charge is 2.13. The Kier molecular flexibility index (Phi) is 4.86. The van der Waals surface area contributed by atoms with Crippen molar-refractivity contribution >= 4 is 34.8 Å². The minimum Gasteiger partial charge on any atom is -0.319 e. The van der Waals surface area contributed by atoms with Gasteiger partial charge in [-0.05, 0) is 42.2 Å². The monoisotopic (exact) mass is 322 g/mol. The highest BCUT2D eigenvalue weighted by atomic mass is 35.5. The van der Waals surface area contributed by atoms with Crippen LogP contribution in [0, 0.1) is 6.92 Å². The molecule has 0 fully saturated rings. The van der Waals surface area contributed by atoms with Crippen LogP contribution in [0.5, 0.6) is 0 Å². The summed E-state index contributed by atoms with van der Waals surface area (Å²) < 4.78 is 0. The van der Waals surface area contributed by atoms with Crippen LogP contribution in [-0.2, 0) is 0 Å². The average molecular weight is 323 g/mol. The highest BCUT2D eigenvalue weighted by molar-refractivity contribution is 6.35. The first-order valence-corrected chi connectivity index (χ1v) is 7.38. The Hall–Kier alpha value is -1.58. The number of carbonyl (C=O) groups is 1. The fourth-order valence-electron chi connectivity index (χ4n) is 1.95. The van der Waals surface area contributed by atoms with Gasteiger partial charge in [-0.1, -0.05) is 49.2 Å². The molecule has 2 rings (SSSR count). The van der Waals surface area contributed by atoms with Gasteiger partial charge in [0.2, 0.25) is 0 Å². The van der Waals surface area contributed by atoms with E-state index in [2.05, 4.69) is 24.1 Å². The van der Waals surface area contributed by atoms with Crippen molar-refractivity contribution in [2.75, 3.05) is 5.32 Å². The van der Waals surface area contributed by atoms with Gasteiger partial charge in [0, 0.05) is 5.56 Å². The lowest BCUT2D eigenvalue weighted by atomic mass is 10.0. The summed E-state index contributed by atoms with van der Waals surface area (Å²) in [6, 6.07) is 9.17. The van der Waals surface area contributed by atoms with Gasteiger partial charge in [-0.25, -0.2) is 4.98 Å². The minimum absolute atomic E-state index is 0.187. The fraction of sp³-hybridized carbons (Fsp3) is 0.250. The first-order chi connectivity index (χ1) is 9.88. The van der Waals surface area contributed by atoms with Crippen LogP contribution in [0.1, 0.15) is 41.3 Å². The van der Waals surface area contributed by atoms with Crippen molar-refractivity contribution in [1.82, 2.24) is 4.98 Å². The minimum atomic E-state index is -0.223. The molecule has 0 bridgehead atoms. The number of aryl methyl sites for hydroxylation is 1. The van der Waals surface area contributed by atoms with Gasteiger partial charge in [-0.15, -0.1) is 0 Å². The van der Waals surface area contributed by atoms with Crippen LogP contribution in [-0.4, -0.2) is 10.9 Å². The van der Waals surface area contributed by atoms with Crippen LogP contribution < -0.4 is 5.32 Å². The van der Waals surface area contributed by atoms with Crippen molar-refractivity contribution in [3.05, 3.63) is 57.3 Å². The molecule has 110 valence electrons. The molecule has 2 aromatic rings. The number of hydrogen-bond acceptors (Lipinski definition) is 2. The molecule has 1 amide bonds. The summed E-state index contributed by atoms with van der Waals surface area (Å²) >= 11 is 11.8. The number of carbonyl (C=O) groups excluding carboxylic acids is 1. The number of amides is 1. The zero-order valence-electron chi connectivity index (χ0n) is 12.1. The van der Waals surface area contributed by atoms with Gasteiger partial charge < -0.3 is 5.32 Å². The summed E-state index contributed by atoms with van der Waals surface area (Å²) in [5.74, 6) is 0.207. The number of anilines is 1. The molecular formula is C16H16Cl2N2O. The van der Waals surface area contributed by atoms with Gasteiger partial charge in [-0.2, -0.15) is 0 Å². The number of hydrogen-bond donors (Lipinski definition) is 1. The van der Waals surface area contributed by atoms with E-state index in [0.717, 1.165) is 5.56 Å². The van der Waals surface area contributed by atoms with Crippen LogP contribution in [0.2, 0.25) is 10.3 Å². The van der Waals surface area contributed by atoms with E-state index in [0.29, 0.717) is 22.3 Å². The number of aromatic nitrogens is 1. The van der Waals surface area contributed by atoms with Crippen molar-refractivity contribution in [3.63, 3.8) is 0 Å². The lowest BCUT2D eigenvalue weighted by Gasteiger charge is -2.11. The second kappa shape index (κ2) is 6.46. The number of nitrogens with one attached hydrogen (secondary N) is 1. The maximum atomic E-state index is 12.3. The molecule has 1 heterocycles. The van der Waals surface area contributed by atoms with Crippen LogP contribution in [0.25, 0.3) is 0 Å². The molecule has 0 saturated carbocycles. The smallest absolute Gasteiger partial charge is 0.255 e. The quantitative estimate of drug-likeness (QED) is 0.801. The van der Waals surface area contributed by atoms with Gasteiger partial charge >= 0.3 is 0 Å². The molecule has 1 N–H and O–H groups in total. The molecule has 0 unspecified atom stereocenters. The summed E-state index contributed by atoms with van der Waals surface area (Å²) in [5, 5.41) is 3.27. The van der Waals surface area contributed by atoms with Crippen LogP contribution in [0.3, 0.4) is 0 Å². The summed E-state index contributed by atoms with van der Waals surface area (Å²) in [6.07, 6.45) is 0. The van der Waals surface area contributed by atoms with Crippen molar-refractivity contribution < 1.29 is 4.79 Å². The van der Waals surface area contributed by atoms with Crippen LogP contribution in [0.4, 0.5) is 5.69 Å². The van der Waals surface area contributed by atoms with E-state index < -0.39 is 0 Å². The molecule has 0 aliphatic carbocycles. The molecular weight excluding hydrogens is 307 g/mol. The number of benzene rings is 1. The Morgan fingerprint density at radius 2 is 1.81 bits per heavy atom. The molecule has 1 aromatic heterocycles. The largest absolute Gasteiger partial charge is 0.319 e. The van der Waals surface area contributed by atoms with Gasteiger partial charge in [-0.3, -0.25) is 4.79 Å². The number of halogens is 2. The molecule has 3 nitrogen and oxygen atoms in total. The Labute approximate surface area is 134 Å². The number of pyridine rings is 1. The van der Waals surface area contributed by atoms with Gasteiger partial charge in [0.05, 0.1) is 5.69 Å². The third kappa shape index (κ3) is 3.74. The zero-order valence-corrected chi connectivity index (χ0v) is 13.6. The van der Waals surface area contributed by atoms with E-state index in [1.165, 1.54) is 5.56 Å². The zero-order chi connectivity index (χ0) is 15.6. The van der Waals surface area contributed by atoms with Gasteiger partial charge in [0.1, 0.15) is 5.15 Å². The second-order valence-electron chi connectivity index (χ2n) is 5.16. The van der Waals surface area contributed by atoms with E-state index >= 15 is 0 Å². The topological polar surface area (TPSA) is 42.0 Å². The average Bonchev–Trinajstić information content (AvgIpc) is 2.42. The van der Waals surface area contributed by atoms with E-state index in [1.807, 2.05) is 19.1 Å². The lowest BCUT2D eigenvalue weighted by Crippen LogP contribution is -2.13. The van der Waals surface area contributed by atoms with Crippen molar-refractivity contribution in [3.8, 4) is 0 Å². The summed E-state index contributed by atoms with van der Waals surface area (Å²) in [5.41, 5.74) is 3.02. The Balaban J connectivity index is 2.22. The maximum Gasteiger partial charge on any atom is 0.255 e. The Bertz CT molecular complexity index is 643. The third-order valence-electron chi connectivity index (χ3n) is 3.22. The van der Waals surface area contributed by atoms with E-state index in [1.54, 1.807) is 18.2 Å². The lowest BCUT2D eigenvalue weighted by molar-refractivity contribution is 0.102. The van der Waals surface area contributed by atoms with E-state index in [9.17, 15) is 4.79 Å². The normalized spacial score (nSPS) is 10.8. The molecule has 0 spiro atoms. The highest BCUT2D eigenvalue weighted by Crippen LogP contribution is 2.27. The summed E-state index contributed by atoms with van der Waals surface area (Å²) in [7, 11) is 0. The Morgan fingerprint density at radius 1 is 1.19 bits per heavy atom. The van der Waals surface area contributed by atoms with Crippen molar-refractivity contribution in [2.24, 2.45) is 0 Å². The number of nitrogens with zero attached hydrogens (tertiary/aromatic N) is 1. The van der Waals surface area contributed by atoms with Gasteiger partial charge in [0.15, 0.2) is 5.15 Å². The molecule has 0 saturated heterocycles. The second-order valence-corrected chi connectivity index (χ2v) is 5.90. The third-order valence-corrected chi connectivity index (χ3v) is 3.69. The molecule has 0 radical (unpaired) electrons.